The molecule has 3 aromatic rings. The highest BCUT2D eigenvalue weighted by atomic mass is 79.9. The number of nitrogens with zero attached hydrogens (tertiary/aromatic N) is 4. The second kappa shape index (κ2) is 6.92. The van der Waals surface area contributed by atoms with Crippen LogP contribution in [-0.4, -0.2) is 20.5 Å². The van der Waals surface area contributed by atoms with Crippen LogP contribution in [-0.2, 0) is 13.0 Å². The highest BCUT2D eigenvalue weighted by Gasteiger charge is 2.22. The van der Waals surface area contributed by atoms with E-state index in [0.29, 0.717) is 6.54 Å². The molecule has 1 aliphatic heterocycles. The fourth-order valence-corrected chi connectivity index (χ4v) is 3.56. The van der Waals surface area contributed by atoms with Crippen LogP contribution in [0.1, 0.15) is 42.5 Å². The molecule has 0 amide bonds. The molecule has 1 aliphatic rings. The van der Waals surface area contributed by atoms with Gasteiger partial charge < -0.3 is 0 Å². The van der Waals surface area contributed by atoms with E-state index in [1.807, 2.05) is 18.2 Å². The summed E-state index contributed by atoms with van der Waals surface area (Å²) in [5.74, 6) is 1.92. The van der Waals surface area contributed by atoms with E-state index in [-0.39, 0.29) is 0 Å². The van der Waals surface area contributed by atoms with E-state index in [2.05, 4.69) is 67.9 Å². The number of fused-ring (bicyclic) bond motifs is 3. The highest BCUT2D eigenvalue weighted by molar-refractivity contribution is 9.10. The van der Waals surface area contributed by atoms with Gasteiger partial charge in [-0.15, -0.1) is 10.2 Å². The maximum Gasteiger partial charge on any atom is 0.159 e. The van der Waals surface area contributed by atoms with Gasteiger partial charge in [0, 0.05) is 22.0 Å². The van der Waals surface area contributed by atoms with Crippen molar-refractivity contribution in [2.45, 2.75) is 32.7 Å². The summed E-state index contributed by atoms with van der Waals surface area (Å²) in [6.07, 6.45) is 3.18. The largest absolute Gasteiger partial charge is 0.281 e. The van der Waals surface area contributed by atoms with Crippen molar-refractivity contribution in [2.75, 3.05) is 0 Å². The molecule has 0 unspecified atom stereocenters. The first-order valence-electron chi connectivity index (χ1n) is 8.61. The second-order valence-electron chi connectivity index (χ2n) is 6.16. The first kappa shape index (κ1) is 16.2. The molecule has 0 saturated heterocycles. The molecule has 4 nitrogen and oxygen atoms in total. The molecule has 25 heavy (non-hydrogen) atoms. The van der Waals surface area contributed by atoms with Gasteiger partial charge in [-0.2, -0.15) is 0 Å². The van der Waals surface area contributed by atoms with Gasteiger partial charge in [0.1, 0.15) is 12.4 Å². The first-order chi connectivity index (χ1) is 12.3. The predicted molar refractivity (Wildman–Crippen MR) is 103 cm³/mol. The smallest absolute Gasteiger partial charge is 0.159 e. The number of hydrogen-bond acceptors (Lipinski definition) is 3. The van der Waals surface area contributed by atoms with Crippen molar-refractivity contribution in [3.8, 4) is 5.69 Å². The Balaban J connectivity index is 1.90. The molecule has 0 aliphatic carbocycles. The van der Waals surface area contributed by atoms with E-state index in [0.717, 1.165) is 57.9 Å². The van der Waals surface area contributed by atoms with Crippen molar-refractivity contribution in [3.05, 3.63) is 75.8 Å². The number of aryl methyl sites for hydroxylation is 1. The van der Waals surface area contributed by atoms with E-state index in [9.17, 15) is 0 Å². The van der Waals surface area contributed by atoms with E-state index >= 15 is 0 Å². The third kappa shape index (κ3) is 3.04. The van der Waals surface area contributed by atoms with Crippen molar-refractivity contribution in [1.82, 2.24) is 14.8 Å². The van der Waals surface area contributed by atoms with E-state index < -0.39 is 0 Å². The average Bonchev–Trinajstić information content (AvgIpc) is 2.96. The van der Waals surface area contributed by atoms with Crippen LogP contribution in [0.3, 0.4) is 0 Å². The number of benzene rings is 2. The maximum atomic E-state index is 4.88. The number of rotatable bonds is 4. The van der Waals surface area contributed by atoms with Crippen molar-refractivity contribution in [2.24, 2.45) is 4.99 Å². The molecule has 0 bridgehead atoms. The Kier molecular flexibility index (Phi) is 4.49. The monoisotopic (exact) mass is 394 g/mol. The second-order valence-corrected chi connectivity index (χ2v) is 7.08. The van der Waals surface area contributed by atoms with Crippen LogP contribution >= 0.6 is 15.9 Å². The molecule has 0 saturated carbocycles. The molecule has 0 radical (unpaired) electrons. The lowest BCUT2D eigenvalue weighted by Gasteiger charge is -2.14. The van der Waals surface area contributed by atoms with Crippen LogP contribution in [0, 0.1) is 0 Å². The van der Waals surface area contributed by atoms with Gasteiger partial charge in [-0.3, -0.25) is 9.56 Å². The number of aromatic nitrogens is 3. The van der Waals surface area contributed by atoms with Crippen molar-refractivity contribution in [3.63, 3.8) is 0 Å². The molecule has 0 fully saturated rings. The molecule has 2 heterocycles. The Labute approximate surface area is 155 Å². The zero-order chi connectivity index (χ0) is 17.2. The summed E-state index contributed by atoms with van der Waals surface area (Å²) in [5, 5.41) is 8.84. The predicted octanol–water partition coefficient (Wildman–Crippen LogP) is 4.72. The fourth-order valence-electron chi connectivity index (χ4n) is 3.20. The standard InChI is InChI=1S/C20H19BrN4/c1-2-3-9-18-23-24-19-13-22-20(14-7-5-4-6-8-14)16-12-15(21)10-11-17(16)25(18)19/h4-8,10-12H,2-3,9,13H2,1H3. The fraction of sp³-hybridized carbons (Fsp3) is 0.250. The Hall–Kier alpha value is -2.27. The van der Waals surface area contributed by atoms with Gasteiger partial charge in [0.05, 0.1) is 11.4 Å². The summed E-state index contributed by atoms with van der Waals surface area (Å²) in [7, 11) is 0. The molecule has 0 spiro atoms. The molecule has 1 aromatic heterocycles. The van der Waals surface area contributed by atoms with Gasteiger partial charge >= 0.3 is 0 Å². The molecule has 2 aromatic carbocycles. The lowest BCUT2D eigenvalue weighted by molar-refractivity contribution is 0.730. The molecule has 0 N–H and O–H groups in total. The minimum absolute atomic E-state index is 0.537. The topological polar surface area (TPSA) is 43.1 Å². The average molecular weight is 395 g/mol. The van der Waals surface area contributed by atoms with Crippen LogP contribution in [0.2, 0.25) is 0 Å². The quantitative estimate of drug-likeness (QED) is 0.642. The molecular formula is C20H19BrN4. The van der Waals surface area contributed by atoms with Crippen LogP contribution < -0.4 is 0 Å². The third-order valence-corrected chi connectivity index (χ3v) is 4.92. The van der Waals surface area contributed by atoms with Gasteiger partial charge in [-0.1, -0.05) is 59.6 Å². The normalized spacial score (nSPS) is 13.0. The number of unbranched alkanes of at least 4 members (excludes halogenated alkanes) is 1. The minimum atomic E-state index is 0.537. The zero-order valence-corrected chi connectivity index (χ0v) is 15.7. The first-order valence-corrected chi connectivity index (χ1v) is 9.40. The van der Waals surface area contributed by atoms with Crippen LogP contribution in [0.15, 0.2) is 58.0 Å². The molecule has 126 valence electrons. The molecule has 4 rings (SSSR count). The van der Waals surface area contributed by atoms with Gasteiger partial charge in [0.15, 0.2) is 5.82 Å². The number of hydrogen-bond donors (Lipinski definition) is 0. The third-order valence-electron chi connectivity index (χ3n) is 4.43. The Morgan fingerprint density at radius 3 is 2.72 bits per heavy atom. The number of aliphatic imine (C=N–C) groups is 1. The minimum Gasteiger partial charge on any atom is -0.281 e. The van der Waals surface area contributed by atoms with Crippen molar-refractivity contribution >= 4 is 21.6 Å². The van der Waals surface area contributed by atoms with Crippen molar-refractivity contribution < 1.29 is 0 Å². The van der Waals surface area contributed by atoms with E-state index in [4.69, 9.17) is 4.99 Å². The summed E-state index contributed by atoms with van der Waals surface area (Å²) in [6.45, 7) is 2.73. The number of halogens is 1. The van der Waals surface area contributed by atoms with Crippen LogP contribution in [0.5, 0.6) is 0 Å². The summed E-state index contributed by atoms with van der Waals surface area (Å²) in [6, 6.07) is 16.7. The summed E-state index contributed by atoms with van der Waals surface area (Å²) < 4.78 is 3.23. The Morgan fingerprint density at radius 2 is 1.92 bits per heavy atom. The van der Waals surface area contributed by atoms with Crippen LogP contribution in [0.4, 0.5) is 0 Å². The van der Waals surface area contributed by atoms with Gasteiger partial charge in [-0.05, 0) is 24.6 Å². The molecule has 0 atom stereocenters. The molecule has 5 heteroatoms. The maximum absolute atomic E-state index is 4.88. The Bertz CT molecular complexity index is 928. The summed E-state index contributed by atoms with van der Waals surface area (Å²) >= 11 is 3.61. The summed E-state index contributed by atoms with van der Waals surface area (Å²) in [4.78, 5) is 4.88. The van der Waals surface area contributed by atoms with Crippen molar-refractivity contribution in [1.29, 1.82) is 0 Å². The lowest BCUT2D eigenvalue weighted by Crippen LogP contribution is -2.09. The van der Waals surface area contributed by atoms with Gasteiger partial charge in [0.2, 0.25) is 0 Å². The Morgan fingerprint density at radius 1 is 1.08 bits per heavy atom. The lowest BCUT2D eigenvalue weighted by atomic mass is 10.0. The molecular weight excluding hydrogens is 376 g/mol. The van der Waals surface area contributed by atoms with E-state index in [1.165, 1.54) is 0 Å². The highest BCUT2D eigenvalue weighted by Crippen LogP contribution is 2.28. The van der Waals surface area contributed by atoms with Gasteiger partial charge in [-0.25, -0.2) is 0 Å². The summed E-state index contributed by atoms with van der Waals surface area (Å²) in [5.41, 5.74) is 4.34. The zero-order valence-electron chi connectivity index (χ0n) is 14.1. The van der Waals surface area contributed by atoms with Crippen LogP contribution in [0.25, 0.3) is 5.69 Å². The SMILES string of the molecule is CCCCc1nnc2n1-c1ccc(Br)cc1C(c1ccccc1)=NC2. The van der Waals surface area contributed by atoms with E-state index in [1.54, 1.807) is 0 Å². The van der Waals surface area contributed by atoms with Gasteiger partial charge in [0.25, 0.3) is 0 Å².